The maximum Gasteiger partial charge on any atom is 0.181 e. The van der Waals surface area contributed by atoms with E-state index < -0.39 is 0 Å². The molecule has 0 rings (SSSR count). The molecule has 0 atom stereocenters. The summed E-state index contributed by atoms with van der Waals surface area (Å²) in [4.78, 5) is 0. The van der Waals surface area contributed by atoms with Crippen molar-refractivity contribution >= 4 is 0 Å². The summed E-state index contributed by atoms with van der Waals surface area (Å²) in [6.45, 7) is 5.02. The van der Waals surface area contributed by atoms with E-state index >= 15 is 0 Å². The van der Waals surface area contributed by atoms with E-state index in [9.17, 15) is 0 Å². The van der Waals surface area contributed by atoms with Crippen LogP contribution in [0, 0.1) is 11.5 Å². The number of hydrogen-bond donors (Lipinski definition) is 1. The third kappa shape index (κ3) is 2.62. The van der Waals surface area contributed by atoms with Crippen LogP contribution in [0.5, 0.6) is 0 Å². The topological polar surface area (TPSA) is 35.8 Å². The summed E-state index contributed by atoms with van der Waals surface area (Å²) < 4.78 is 0. The summed E-state index contributed by atoms with van der Waals surface area (Å²) in [5, 5.41) is 10.3. The normalized spacial score (nSPS) is 5.71. The molecule has 0 aliphatic carbocycles. The number of hydrogen-bond acceptors (Lipinski definition) is 2. The summed E-state index contributed by atoms with van der Waals surface area (Å²) in [5.41, 5.74) is 3.15. The molecule has 0 aliphatic rings. The van der Waals surface area contributed by atoms with Gasteiger partial charge in [-0.2, -0.15) is 5.26 Å². The van der Waals surface area contributed by atoms with Gasteiger partial charge in [0.05, 0.1) is 5.70 Å². The van der Waals surface area contributed by atoms with Crippen LogP contribution in [-0.4, -0.2) is 0 Å². The molecule has 0 amide bonds. The standard InChI is InChI=1S/C5H6N2/c1-3-5(2)7-4-6/h7H,1H2,2H3. The average Bonchev–Trinajstić information content (AvgIpc) is 1.68. The fraction of sp³-hybridized carbons (Fsp3) is 0.200. The van der Waals surface area contributed by atoms with Crippen molar-refractivity contribution in [3.8, 4) is 6.19 Å². The predicted octanol–water partition coefficient (Wildman–Crippen LogP) is 0.746. The Labute approximate surface area is 42.8 Å². The molecule has 0 aliphatic heterocycles. The highest BCUT2D eigenvalue weighted by atomic mass is 14.9. The first-order chi connectivity index (χ1) is 3.31. The van der Waals surface area contributed by atoms with Crippen molar-refractivity contribution in [2.24, 2.45) is 0 Å². The van der Waals surface area contributed by atoms with E-state index in [-0.39, 0.29) is 0 Å². The Balaban J connectivity index is 3.65. The number of nitrogens with one attached hydrogen (secondary N) is 1. The van der Waals surface area contributed by atoms with Gasteiger partial charge in [-0.15, -0.1) is 5.73 Å². The van der Waals surface area contributed by atoms with Gasteiger partial charge in [-0.1, -0.05) is 6.58 Å². The summed E-state index contributed by atoms with van der Waals surface area (Å²) in [7, 11) is 0. The second-order valence-corrected chi connectivity index (χ2v) is 1.04. The second-order valence-electron chi connectivity index (χ2n) is 1.04. The Morgan fingerprint density at radius 3 is 2.57 bits per heavy atom. The first-order valence-corrected chi connectivity index (χ1v) is 1.83. The Kier molecular flexibility index (Phi) is 2.50. The molecule has 36 valence electrons. The van der Waals surface area contributed by atoms with Crippen LogP contribution in [0.1, 0.15) is 6.92 Å². The monoisotopic (exact) mass is 94.1 g/mol. The molecule has 7 heavy (non-hydrogen) atoms. The van der Waals surface area contributed by atoms with Crippen molar-refractivity contribution in [2.45, 2.75) is 6.92 Å². The van der Waals surface area contributed by atoms with E-state index in [0.29, 0.717) is 5.70 Å². The van der Waals surface area contributed by atoms with Crippen LogP contribution in [-0.2, 0) is 0 Å². The summed E-state index contributed by atoms with van der Waals surface area (Å²) in [6, 6.07) is 0. The fourth-order valence-electron chi connectivity index (χ4n) is 0.128. The van der Waals surface area contributed by atoms with E-state index in [4.69, 9.17) is 5.26 Å². The molecule has 0 aromatic heterocycles. The Morgan fingerprint density at radius 1 is 1.86 bits per heavy atom. The van der Waals surface area contributed by atoms with Crippen LogP contribution in [0.15, 0.2) is 18.0 Å². The molecule has 0 saturated carbocycles. The first kappa shape index (κ1) is 5.81. The van der Waals surface area contributed by atoms with Crippen molar-refractivity contribution in [3.05, 3.63) is 18.0 Å². The van der Waals surface area contributed by atoms with E-state index in [1.807, 2.05) is 0 Å². The Bertz CT molecular complexity index is 135. The zero-order valence-corrected chi connectivity index (χ0v) is 4.15. The van der Waals surface area contributed by atoms with E-state index in [1.165, 1.54) is 0 Å². The lowest BCUT2D eigenvalue weighted by Gasteiger charge is -1.83. The van der Waals surface area contributed by atoms with E-state index in [2.05, 4.69) is 17.6 Å². The third-order valence-corrected chi connectivity index (χ3v) is 0.509. The zero-order valence-electron chi connectivity index (χ0n) is 4.15. The van der Waals surface area contributed by atoms with E-state index in [0.717, 1.165) is 0 Å². The van der Waals surface area contributed by atoms with Crippen LogP contribution < -0.4 is 5.32 Å². The Hall–Kier alpha value is -1.19. The molecule has 0 fully saturated rings. The van der Waals surface area contributed by atoms with Gasteiger partial charge in [-0.05, 0) is 6.92 Å². The number of nitrogens with zero attached hydrogens (tertiary/aromatic N) is 1. The molecule has 0 radical (unpaired) electrons. The molecule has 0 saturated heterocycles. The average molecular weight is 94.1 g/mol. The summed E-state index contributed by atoms with van der Waals surface area (Å²) >= 11 is 0. The minimum Gasteiger partial charge on any atom is -0.290 e. The van der Waals surface area contributed by atoms with Gasteiger partial charge in [0.25, 0.3) is 0 Å². The largest absolute Gasteiger partial charge is 0.290 e. The maximum absolute atomic E-state index is 7.92. The maximum atomic E-state index is 7.92. The van der Waals surface area contributed by atoms with Crippen molar-refractivity contribution in [3.63, 3.8) is 0 Å². The third-order valence-electron chi connectivity index (χ3n) is 0.509. The molecular formula is C5H6N2. The quantitative estimate of drug-likeness (QED) is 0.295. The van der Waals surface area contributed by atoms with Crippen LogP contribution >= 0.6 is 0 Å². The molecule has 0 aromatic carbocycles. The van der Waals surface area contributed by atoms with E-state index in [1.54, 1.807) is 13.1 Å². The first-order valence-electron chi connectivity index (χ1n) is 1.83. The lowest BCUT2D eigenvalue weighted by atomic mass is 10.5. The number of allylic oxidation sites excluding steroid dienone is 1. The lowest BCUT2D eigenvalue weighted by Crippen LogP contribution is -1.98. The fourth-order valence-corrected chi connectivity index (χ4v) is 0.128. The van der Waals surface area contributed by atoms with Crippen molar-refractivity contribution < 1.29 is 0 Å². The molecule has 0 heterocycles. The van der Waals surface area contributed by atoms with Gasteiger partial charge in [-0.3, -0.25) is 5.32 Å². The predicted molar refractivity (Wildman–Crippen MR) is 27.1 cm³/mol. The lowest BCUT2D eigenvalue weighted by molar-refractivity contribution is 1.08. The molecule has 2 nitrogen and oxygen atoms in total. The van der Waals surface area contributed by atoms with Gasteiger partial charge in [0.15, 0.2) is 6.19 Å². The van der Waals surface area contributed by atoms with Crippen LogP contribution in [0.25, 0.3) is 0 Å². The zero-order chi connectivity index (χ0) is 5.70. The number of nitriles is 1. The molecule has 0 spiro atoms. The van der Waals surface area contributed by atoms with Crippen molar-refractivity contribution in [1.82, 2.24) is 5.32 Å². The highest BCUT2D eigenvalue weighted by Gasteiger charge is 1.73. The van der Waals surface area contributed by atoms with Gasteiger partial charge in [0.2, 0.25) is 0 Å². The van der Waals surface area contributed by atoms with Gasteiger partial charge >= 0.3 is 0 Å². The summed E-state index contributed by atoms with van der Waals surface area (Å²) in [6.07, 6.45) is 1.73. The second kappa shape index (κ2) is 3.02. The molecule has 1 N–H and O–H groups in total. The minimum absolute atomic E-state index is 0.655. The molecule has 0 unspecified atom stereocenters. The van der Waals surface area contributed by atoms with Gasteiger partial charge in [0, 0.05) is 0 Å². The summed E-state index contributed by atoms with van der Waals surface area (Å²) in [5.74, 6) is 0. The van der Waals surface area contributed by atoms with Gasteiger partial charge in [0.1, 0.15) is 0 Å². The highest BCUT2D eigenvalue weighted by Crippen LogP contribution is 1.74. The van der Waals surface area contributed by atoms with Crippen molar-refractivity contribution in [2.75, 3.05) is 0 Å². The number of rotatable bonds is 1. The van der Waals surface area contributed by atoms with Gasteiger partial charge in [-0.25, -0.2) is 0 Å². The van der Waals surface area contributed by atoms with Crippen LogP contribution in [0.4, 0.5) is 0 Å². The molecule has 0 aromatic rings. The van der Waals surface area contributed by atoms with Crippen LogP contribution in [0.3, 0.4) is 0 Å². The Morgan fingerprint density at radius 2 is 2.43 bits per heavy atom. The molecule has 2 heteroatoms. The van der Waals surface area contributed by atoms with Gasteiger partial charge < -0.3 is 0 Å². The molecule has 0 bridgehead atoms. The minimum atomic E-state index is 0.655. The smallest absolute Gasteiger partial charge is 0.181 e. The SMILES string of the molecule is C=C=C(C)NC#N. The highest BCUT2D eigenvalue weighted by molar-refractivity contribution is 4.96. The van der Waals surface area contributed by atoms with Crippen LogP contribution in [0.2, 0.25) is 0 Å². The molecular weight excluding hydrogens is 88.1 g/mol. The van der Waals surface area contributed by atoms with Crippen molar-refractivity contribution in [1.29, 1.82) is 5.26 Å².